The fourth-order valence-electron chi connectivity index (χ4n) is 3.16. The molecule has 15 heteroatoms. The molecule has 0 aliphatic carbocycles. The van der Waals surface area contributed by atoms with Crippen molar-refractivity contribution in [1.29, 1.82) is 5.41 Å². The van der Waals surface area contributed by atoms with Gasteiger partial charge in [0.1, 0.15) is 5.84 Å². The van der Waals surface area contributed by atoms with E-state index in [9.17, 15) is 31.5 Å². The molecule has 0 unspecified atom stereocenters. The number of nitrogen functional groups attached to an aromatic ring is 1. The van der Waals surface area contributed by atoms with Crippen LogP contribution in [0.25, 0.3) is 11.1 Å². The van der Waals surface area contributed by atoms with Crippen molar-refractivity contribution in [3.63, 3.8) is 0 Å². The fourth-order valence-corrected chi connectivity index (χ4v) is 3.16. The highest BCUT2D eigenvalue weighted by molar-refractivity contribution is 7.85. The Labute approximate surface area is 232 Å². The van der Waals surface area contributed by atoms with Gasteiger partial charge >= 0.3 is 5.97 Å². The highest BCUT2D eigenvalue weighted by Gasteiger charge is 2.18. The Morgan fingerprint density at radius 2 is 1.35 bits per heavy atom. The number of amidine groups is 1. The topological polar surface area (TPSA) is 237 Å². The molecule has 40 heavy (non-hydrogen) atoms. The average molecular weight is 595 g/mol. The van der Waals surface area contributed by atoms with E-state index in [1.165, 1.54) is 0 Å². The highest BCUT2D eigenvalue weighted by Crippen LogP contribution is 2.29. The molecular formula is C25H30N4O9S2. The van der Waals surface area contributed by atoms with Gasteiger partial charge in [-0.15, -0.1) is 0 Å². The van der Waals surface area contributed by atoms with E-state index in [4.69, 9.17) is 20.2 Å². The first-order valence-corrected chi connectivity index (χ1v) is 14.8. The number of hydrogen-bond acceptors (Lipinski definition) is 8. The maximum atomic E-state index is 12.9. The molecule has 3 aromatic carbocycles. The van der Waals surface area contributed by atoms with Gasteiger partial charge in [0.15, 0.2) is 0 Å². The average Bonchev–Trinajstić information content (AvgIpc) is 2.82. The molecule has 3 aromatic rings. The summed E-state index contributed by atoms with van der Waals surface area (Å²) in [6.07, 6.45) is 1.43. The van der Waals surface area contributed by atoms with Crippen LogP contribution in [0.5, 0.6) is 0 Å². The lowest BCUT2D eigenvalue weighted by molar-refractivity contribution is 0.0697. The monoisotopic (exact) mass is 594 g/mol. The van der Waals surface area contributed by atoms with Gasteiger partial charge in [-0.3, -0.25) is 19.3 Å². The summed E-state index contributed by atoms with van der Waals surface area (Å²) in [5.74, 6) is -1.48. The standard InChI is InChI=1S/C23H22N4O3.2CH4O3S/c1-26-13-14-6-11-18(20(12-14)23(29)30)17-4-2-3-5-19(17)22(28)27-16-9-7-15(8-10-16)21(24)25;2*1-5(2,3)4/h2-12,26H,13H2,1H3,(H3,24,25)(H,27,28)(H,29,30);2*1H3,(H,2,3,4). The minimum Gasteiger partial charge on any atom is -0.478 e. The van der Waals surface area contributed by atoms with Gasteiger partial charge in [0.2, 0.25) is 0 Å². The Bertz CT molecular complexity index is 1530. The molecular weight excluding hydrogens is 564 g/mol. The van der Waals surface area contributed by atoms with E-state index in [0.717, 1.165) is 5.56 Å². The zero-order valence-electron chi connectivity index (χ0n) is 21.7. The van der Waals surface area contributed by atoms with E-state index in [0.29, 0.717) is 47.0 Å². The van der Waals surface area contributed by atoms with Gasteiger partial charge < -0.3 is 21.5 Å². The number of carbonyl (C=O) groups excluding carboxylic acids is 1. The summed E-state index contributed by atoms with van der Waals surface area (Å²) in [5, 5.41) is 23.0. The third-order valence-electron chi connectivity index (χ3n) is 4.61. The van der Waals surface area contributed by atoms with Crippen LogP contribution in [-0.2, 0) is 26.8 Å². The summed E-state index contributed by atoms with van der Waals surface area (Å²) in [4.78, 5) is 24.8. The first kappa shape index (κ1) is 33.9. The number of carboxylic acids is 1. The lowest BCUT2D eigenvalue weighted by Crippen LogP contribution is -2.15. The van der Waals surface area contributed by atoms with Crippen molar-refractivity contribution >= 4 is 43.6 Å². The lowest BCUT2D eigenvalue weighted by Gasteiger charge is -2.14. The molecule has 1 amide bonds. The van der Waals surface area contributed by atoms with E-state index >= 15 is 0 Å². The second-order valence-corrected chi connectivity index (χ2v) is 11.1. The molecule has 0 aliphatic rings. The second-order valence-electron chi connectivity index (χ2n) is 8.17. The normalized spacial score (nSPS) is 10.7. The molecule has 0 saturated carbocycles. The van der Waals surface area contributed by atoms with Crippen LogP contribution in [0.3, 0.4) is 0 Å². The van der Waals surface area contributed by atoms with E-state index in [1.807, 2.05) is 6.07 Å². The van der Waals surface area contributed by atoms with Crippen molar-refractivity contribution in [3.8, 4) is 11.1 Å². The minimum atomic E-state index is -3.67. The van der Waals surface area contributed by atoms with Crippen molar-refractivity contribution in [2.75, 3.05) is 24.9 Å². The number of hydrogen-bond donors (Lipinski definition) is 7. The molecule has 0 atom stereocenters. The number of rotatable bonds is 7. The van der Waals surface area contributed by atoms with Gasteiger partial charge in [-0.25, -0.2) is 4.79 Å². The van der Waals surface area contributed by atoms with Crippen LogP contribution in [0.2, 0.25) is 0 Å². The summed E-state index contributed by atoms with van der Waals surface area (Å²) >= 11 is 0. The molecule has 0 aromatic heterocycles. The lowest BCUT2D eigenvalue weighted by atomic mass is 9.93. The van der Waals surface area contributed by atoms with Crippen LogP contribution >= 0.6 is 0 Å². The first-order valence-electron chi connectivity index (χ1n) is 11.1. The number of nitrogens with one attached hydrogen (secondary N) is 3. The third kappa shape index (κ3) is 13.1. The van der Waals surface area contributed by atoms with Gasteiger partial charge in [0.25, 0.3) is 26.1 Å². The Morgan fingerprint density at radius 1 is 0.850 bits per heavy atom. The molecule has 0 fully saturated rings. The molecule has 0 saturated heterocycles. The molecule has 0 heterocycles. The molecule has 0 spiro atoms. The summed E-state index contributed by atoms with van der Waals surface area (Å²) in [6.45, 7) is 0.541. The zero-order valence-corrected chi connectivity index (χ0v) is 23.4. The van der Waals surface area contributed by atoms with Crippen LogP contribution in [0.15, 0.2) is 66.7 Å². The van der Waals surface area contributed by atoms with E-state index < -0.39 is 26.2 Å². The Hall–Kier alpha value is -4.15. The third-order valence-corrected chi connectivity index (χ3v) is 4.61. The Balaban J connectivity index is 0.000000686. The quantitative estimate of drug-likeness (QED) is 0.119. The van der Waals surface area contributed by atoms with Gasteiger partial charge in [0, 0.05) is 23.4 Å². The number of aromatic carboxylic acids is 1. The number of nitrogens with two attached hydrogens (primary N) is 1. The van der Waals surface area contributed by atoms with Crippen molar-refractivity contribution in [2.45, 2.75) is 6.54 Å². The van der Waals surface area contributed by atoms with E-state index in [1.54, 1.807) is 67.7 Å². The zero-order chi connectivity index (χ0) is 30.7. The molecule has 0 aliphatic heterocycles. The second kappa shape index (κ2) is 14.9. The van der Waals surface area contributed by atoms with E-state index in [2.05, 4.69) is 10.6 Å². The molecule has 0 bridgehead atoms. The first-order chi connectivity index (χ1) is 18.4. The smallest absolute Gasteiger partial charge is 0.336 e. The van der Waals surface area contributed by atoms with Crippen molar-refractivity contribution in [1.82, 2.24) is 5.32 Å². The summed E-state index contributed by atoms with van der Waals surface area (Å²) in [6, 6.07) is 18.7. The molecule has 13 nitrogen and oxygen atoms in total. The molecule has 0 radical (unpaired) electrons. The number of benzene rings is 3. The predicted octanol–water partition coefficient (Wildman–Crippen LogP) is 2.32. The fraction of sp³-hybridized carbons (Fsp3) is 0.160. The Morgan fingerprint density at radius 3 is 1.82 bits per heavy atom. The van der Waals surface area contributed by atoms with Crippen molar-refractivity contribution in [2.24, 2.45) is 5.73 Å². The highest BCUT2D eigenvalue weighted by atomic mass is 32.2. The number of carbonyl (C=O) groups is 2. The van der Waals surface area contributed by atoms with Crippen molar-refractivity contribution < 1.29 is 40.6 Å². The summed E-state index contributed by atoms with van der Waals surface area (Å²) in [7, 11) is -5.54. The summed E-state index contributed by atoms with van der Waals surface area (Å²) < 4.78 is 51.7. The molecule has 8 N–H and O–H groups in total. The largest absolute Gasteiger partial charge is 0.478 e. The SMILES string of the molecule is CNCc1ccc(-c2ccccc2C(=O)Nc2ccc(C(=N)N)cc2)c(C(=O)O)c1.CS(=O)(=O)O.CS(=O)(=O)O. The van der Waals surface area contributed by atoms with Gasteiger partial charge in [-0.2, -0.15) is 16.8 Å². The maximum Gasteiger partial charge on any atom is 0.336 e. The van der Waals surface area contributed by atoms with Gasteiger partial charge in [-0.1, -0.05) is 30.3 Å². The summed E-state index contributed by atoms with van der Waals surface area (Å²) in [5.41, 5.74) is 8.89. The van der Waals surface area contributed by atoms with Crippen LogP contribution in [0.4, 0.5) is 5.69 Å². The Kier molecular flexibility index (Phi) is 12.6. The minimum absolute atomic E-state index is 0.0545. The number of amides is 1. The molecule has 3 rings (SSSR count). The van der Waals surface area contributed by atoms with Crippen LogP contribution in [-0.4, -0.2) is 68.3 Å². The number of anilines is 1. The van der Waals surface area contributed by atoms with Gasteiger partial charge in [-0.05, 0) is 60.1 Å². The van der Waals surface area contributed by atoms with Crippen molar-refractivity contribution in [3.05, 3.63) is 89.0 Å². The van der Waals surface area contributed by atoms with E-state index in [-0.39, 0.29) is 17.3 Å². The maximum absolute atomic E-state index is 12.9. The van der Waals surface area contributed by atoms with Crippen LogP contribution < -0.4 is 16.4 Å². The van der Waals surface area contributed by atoms with Gasteiger partial charge in [0.05, 0.1) is 18.1 Å². The van der Waals surface area contributed by atoms with Crippen LogP contribution in [0.1, 0.15) is 31.8 Å². The predicted molar refractivity (Wildman–Crippen MR) is 152 cm³/mol. The number of carboxylic acid groups (broad SMARTS) is 1. The van der Waals surface area contributed by atoms with Crippen LogP contribution in [0, 0.1) is 5.41 Å². The molecule has 216 valence electrons.